The van der Waals surface area contributed by atoms with E-state index in [-0.39, 0.29) is 11.4 Å². The second kappa shape index (κ2) is 5.15. The summed E-state index contributed by atoms with van der Waals surface area (Å²) in [5, 5.41) is 0.505. The van der Waals surface area contributed by atoms with E-state index in [1.165, 1.54) is 24.5 Å². The second-order valence-electron chi connectivity index (χ2n) is 3.41. The third-order valence-electron chi connectivity index (χ3n) is 2.21. The standard InChI is InChI=1S/C12H10N4O2/c13-16(11(17)9-5-1-3-7-14-9)12(18)10-6-2-4-8-15-10/h1-8H,13H2. The third-order valence-corrected chi connectivity index (χ3v) is 2.21. The first-order valence-electron chi connectivity index (χ1n) is 5.15. The molecule has 0 unspecified atom stereocenters. The highest BCUT2D eigenvalue weighted by Crippen LogP contribution is 2.02. The molecule has 90 valence electrons. The molecule has 0 bridgehead atoms. The number of imide groups is 1. The second-order valence-corrected chi connectivity index (χ2v) is 3.41. The van der Waals surface area contributed by atoms with Crippen molar-refractivity contribution in [1.82, 2.24) is 15.0 Å². The Kier molecular flexibility index (Phi) is 3.40. The van der Waals surface area contributed by atoms with Crippen molar-refractivity contribution in [2.24, 2.45) is 5.84 Å². The van der Waals surface area contributed by atoms with Crippen LogP contribution in [-0.2, 0) is 0 Å². The van der Waals surface area contributed by atoms with Crippen molar-refractivity contribution in [3.63, 3.8) is 0 Å². The van der Waals surface area contributed by atoms with Gasteiger partial charge in [0.25, 0.3) is 11.8 Å². The summed E-state index contributed by atoms with van der Waals surface area (Å²) < 4.78 is 0. The average molecular weight is 242 g/mol. The van der Waals surface area contributed by atoms with Crippen LogP contribution in [0.5, 0.6) is 0 Å². The molecule has 0 atom stereocenters. The molecule has 18 heavy (non-hydrogen) atoms. The van der Waals surface area contributed by atoms with Crippen LogP contribution >= 0.6 is 0 Å². The molecule has 0 fully saturated rings. The Morgan fingerprint density at radius 2 is 1.33 bits per heavy atom. The molecule has 2 amide bonds. The molecule has 0 saturated heterocycles. The predicted molar refractivity (Wildman–Crippen MR) is 63.2 cm³/mol. The lowest BCUT2D eigenvalue weighted by molar-refractivity contribution is 0.0608. The molecule has 0 saturated carbocycles. The summed E-state index contributed by atoms with van der Waals surface area (Å²) in [4.78, 5) is 31.4. The summed E-state index contributed by atoms with van der Waals surface area (Å²) in [7, 11) is 0. The van der Waals surface area contributed by atoms with Crippen LogP contribution in [-0.4, -0.2) is 26.8 Å². The van der Waals surface area contributed by atoms with E-state index in [1.807, 2.05) is 0 Å². The smallest absolute Gasteiger partial charge is 0.265 e. The SMILES string of the molecule is NN(C(=O)c1ccccn1)C(=O)c1ccccn1. The number of hydrogen-bond donors (Lipinski definition) is 1. The molecule has 0 aromatic carbocycles. The summed E-state index contributed by atoms with van der Waals surface area (Å²) in [5.41, 5.74) is 0.202. The molecule has 2 N–H and O–H groups in total. The van der Waals surface area contributed by atoms with Crippen molar-refractivity contribution in [3.05, 3.63) is 60.2 Å². The van der Waals surface area contributed by atoms with E-state index in [4.69, 9.17) is 5.84 Å². The highest BCUT2D eigenvalue weighted by Gasteiger charge is 2.22. The number of aromatic nitrogens is 2. The lowest BCUT2D eigenvalue weighted by Gasteiger charge is -2.13. The average Bonchev–Trinajstić information content (AvgIpc) is 2.47. The lowest BCUT2D eigenvalue weighted by Crippen LogP contribution is -2.43. The maximum absolute atomic E-state index is 11.8. The molecular weight excluding hydrogens is 232 g/mol. The summed E-state index contributed by atoms with van der Waals surface area (Å²) in [5.74, 6) is 4.13. The fourth-order valence-electron chi connectivity index (χ4n) is 1.32. The number of hydrogen-bond acceptors (Lipinski definition) is 5. The first-order chi connectivity index (χ1) is 8.70. The molecule has 0 aliphatic rings. The van der Waals surface area contributed by atoms with Gasteiger partial charge in [-0.25, -0.2) is 10.9 Å². The monoisotopic (exact) mass is 242 g/mol. The topological polar surface area (TPSA) is 89.2 Å². The Labute approximate surface area is 103 Å². The van der Waals surface area contributed by atoms with Gasteiger partial charge >= 0.3 is 0 Å². The van der Waals surface area contributed by atoms with Crippen molar-refractivity contribution in [3.8, 4) is 0 Å². The highest BCUT2D eigenvalue weighted by atomic mass is 16.2. The largest absolute Gasteiger partial charge is 0.293 e. The number of hydrazine groups is 1. The molecule has 2 heterocycles. The third kappa shape index (κ3) is 2.38. The number of rotatable bonds is 2. The van der Waals surface area contributed by atoms with E-state index >= 15 is 0 Å². The van der Waals surface area contributed by atoms with E-state index in [0.29, 0.717) is 5.01 Å². The summed E-state index contributed by atoms with van der Waals surface area (Å²) in [6.45, 7) is 0. The molecule has 2 aromatic heterocycles. The number of amides is 2. The fourth-order valence-corrected chi connectivity index (χ4v) is 1.32. The molecule has 0 radical (unpaired) electrons. The number of nitrogens with zero attached hydrogens (tertiary/aromatic N) is 3. The van der Waals surface area contributed by atoms with Crippen LogP contribution in [0.1, 0.15) is 21.0 Å². The van der Waals surface area contributed by atoms with Crippen molar-refractivity contribution in [2.45, 2.75) is 0 Å². The number of carbonyl (C=O) groups excluding carboxylic acids is 2. The first-order valence-corrected chi connectivity index (χ1v) is 5.15. The summed E-state index contributed by atoms with van der Waals surface area (Å²) in [6.07, 6.45) is 2.90. The Morgan fingerprint density at radius 3 is 1.67 bits per heavy atom. The quantitative estimate of drug-likeness (QED) is 0.361. The van der Waals surface area contributed by atoms with Crippen LogP contribution in [0.15, 0.2) is 48.8 Å². The van der Waals surface area contributed by atoms with Gasteiger partial charge in [0, 0.05) is 12.4 Å². The van der Waals surface area contributed by atoms with Gasteiger partial charge in [-0.3, -0.25) is 19.6 Å². The Bertz CT molecular complexity index is 505. The highest BCUT2D eigenvalue weighted by molar-refractivity contribution is 6.08. The number of carbonyl (C=O) groups is 2. The van der Waals surface area contributed by atoms with E-state index in [1.54, 1.807) is 24.3 Å². The minimum Gasteiger partial charge on any atom is -0.265 e. The molecule has 0 spiro atoms. The van der Waals surface area contributed by atoms with Crippen molar-refractivity contribution in [2.75, 3.05) is 0 Å². The fraction of sp³-hybridized carbons (Fsp3) is 0. The van der Waals surface area contributed by atoms with E-state index in [0.717, 1.165) is 0 Å². The minimum atomic E-state index is -0.675. The summed E-state index contributed by atoms with van der Waals surface area (Å²) in [6, 6.07) is 9.57. The molecule has 2 aromatic rings. The van der Waals surface area contributed by atoms with Gasteiger partial charge in [0.15, 0.2) is 0 Å². The van der Waals surface area contributed by atoms with Gasteiger partial charge in [0.2, 0.25) is 0 Å². The summed E-state index contributed by atoms with van der Waals surface area (Å²) >= 11 is 0. The molecule has 0 aliphatic carbocycles. The van der Waals surface area contributed by atoms with Gasteiger partial charge in [-0.05, 0) is 24.3 Å². The zero-order valence-electron chi connectivity index (χ0n) is 9.35. The number of pyridine rings is 2. The number of nitrogens with two attached hydrogens (primary N) is 1. The van der Waals surface area contributed by atoms with Crippen molar-refractivity contribution >= 4 is 11.8 Å². The van der Waals surface area contributed by atoms with E-state index in [2.05, 4.69) is 9.97 Å². The van der Waals surface area contributed by atoms with Gasteiger partial charge in [-0.2, -0.15) is 0 Å². The van der Waals surface area contributed by atoms with Gasteiger partial charge in [0.1, 0.15) is 11.4 Å². The van der Waals surface area contributed by atoms with Gasteiger partial charge < -0.3 is 0 Å². The van der Waals surface area contributed by atoms with Gasteiger partial charge in [-0.15, -0.1) is 0 Å². The zero-order chi connectivity index (χ0) is 13.0. The Morgan fingerprint density at radius 1 is 0.889 bits per heavy atom. The van der Waals surface area contributed by atoms with Crippen LogP contribution in [0.3, 0.4) is 0 Å². The van der Waals surface area contributed by atoms with Crippen molar-refractivity contribution in [1.29, 1.82) is 0 Å². The normalized spacial score (nSPS) is 9.83. The van der Waals surface area contributed by atoms with Crippen LogP contribution in [0.25, 0.3) is 0 Å². The lowest BCUT2D eigenvalue weighted by atomic mass is 10.3. The first kappa shape index (κ1) is 11.9. The molecule has 6 nitrogen and oxygen atoms in total. The Hall–Kier alpha value is -2.60. The van der Waals surface area contributed by atoms with Crippen LogP contribution < -0.4 is 5.84 Å². The van der Waals surface area contributed by atoms with Gasteiger partial charge in [-0.1, -0.05) is 12.1 Å². The minimum absolute atomic E-state index is 0.101. The van der Waals surface area contributed by atoms with Crippen LogP contribution in [0, 0.1) is 0 Å². The Balaban J connectivity index is 2.20. The molecule has 0 aliphatic heterocycles. The van der Waals surface area contributed by atoms with Gasteiger partial charge in [0.05, 0.1) is 0 Å². The molecule has 2 rings (SSSR count). The zero-order valence-corrected chi connectivity index (χ0v) is 9.35. The van der Waals surface area contributed by atoms with Crippen LogP contribution in [0.4, 0.5) is 0 Å². The van der Waals surface area contributed by atoms with E-state index < -0.39 is 11.8 Å². The van der Waals surface area contributed by atoms with Crippen LogP contribution in [0.2, 0.25) is 0 Å². The van der Waals surface area contributed by atoms with E-state index in [9.17, 15) is 9.59 Å². The molecular formula is C12H10N4O2. The maximum atomic E-state index is 11.8. The maximum Gasteiger partial charge on any atom is 0.293 e. The van der Waals surface area contributed by atoms with Crippen molar-refractivity contribution < 1.29 is 9.59 Å². The molecule has 6 heteroatoms. The predicted octanol–water partition coefficient (Wildman–Crippen LogP) is 0.633.